The summed E-state index contributed by atoms with van der Waals surface area (Å²) in [7, 11) is 0. The summed E-state index contributed by atoms with van der Waals surface area (Å²) in [6, 6.07) is 6.07. The number of carboxylic acids is 1. The second kappa shape index (κ2) is 6.31. The molecule has 0 aliphatic heterocycles. The number of nitrogens with zero attached hydrogens (tertiary/aromatic N) is 1. The van der Waals surface area contributed by atoms with Crippen LogP contribution in [0.1, 0.15) is 32.3 Å². The third-order valence-electron chi connectivity index (χ3n) is 3.51. The zero-order valence-electron chi connectivity index (χ0n) is 11.8. The summed E-state index contributed by atoms with van der Waals surface area (Å²) in [5, 5.41) is 9.40. The maximum atomic E-state index is 10.7. The Kier molecular flexibility index (Phi) is 4.71. The lowest BCUT2D eigenvalue weighted by molar-refractivity contribution is -0.131. The molecule has 1 N–H and O–H groups in total. The number of carboxylic acid groups (broad SMARTS) is 1. The molecule has 0 atom stereocenters. The fraction of sp³-hybridized carbons (Fsp3) is 0.438. The Bertz CT molecular complexity index is 521. The molecule has 1 aliphatic carbocycles. The Morgan fingerprint density at radius 3 is 2.75 bits per heavy atom. The molecule has 3 nitrogen and oxygen atoms in total. The number of anilines is 1. The van der Waals surface area contributed by atoms with E-state index in [9.17, 15) is 4.79 Å². The van der Waals surface area contributed by atoms with Crippen LogP contribution in [-0.4, -0.2) is 23.7 Å². The molecule has 1 saturated carbocycles. The minimum Gasteiger partial charge on any atom is -0.478 e. The van der Waals surface area contributed by atoms with E-state index in [2.05, 4.69) is 18.7 Å². The highest BCUT2D eigenvalue weighted by molar-refractivity contribution is 6.32. The third kappa shape index (κ3) is 3.76. The van der Waals surface area contributed by atoms with Crippen LogP contribution in [-0.2, 0) is 4.79 Å². The minimum absolute atomic E-state index is 0.353. The average molecular weight is 294 g/mol. The van der Waals surface area contributed by atoms with E-state index in [1.807, 2.05) is 12.1 Å². The predicted octanol–water partition coefficient (Wildman–Crippen LogP) is 4.06. The molecule has 0 radical (unpaired) electrons. The van der Waals surface area contributed by atoms with Gasteiger partial charge in [0.15, 0.2) is 0 Å². The van der Waals surface area contributed by atoms with Crippen LogP contribution < -0.4 is 4.90 Å². The van der Waals surface area contributed by atoms with Crippen molar-refractivity contribution in [1.29, 1.82) is 0 Å². The molecule has 1 aromatic carbocycles. The number of rotatable bonds is 6. The Hall–Kier alpha value is -1.48. The average Bonchev–Trinajstić information content (AvgIpc) is 3.17. The molecule has 0 saturated heterocycles. The molecule has 1 aromatic rings. The van der Waals surface area contributed by atoms with E-state index in [0.29, 0.717) is 11.1 Å². The van der Waals surface area contributed by atoms with Gasteiger partial charge >= 0.3 is 5.97 Å². The molecule has 1 aliphatic rings. The van der Waals surface area contributed by atoms with Gasteiger partial charge in [0, 0.05) is 34.9 Å². The monoisotopic (exact) mass is 293 g/mol. The van der Waals surface area contributed by atoms with Crippen molar-refractivity contribution in [2.24, 2.45) is 5.92 Å². The molecule has 108 valence electrons. The van der Waals surface area contributed by atoms with Crippen LogP contribution in [0.15, 0.2) is 24.3 Å². The van der Waals surface area contributed by atoms with Crippen molar-refractivity contribution in [3.63, 3.8) is 0 Å². The summed E-state index contributed by atoms with van der Waals surface area (Å²) in [5.74, 6) is -0.207. The van der Waals surface area contributed by atoms with Crippen molar-refractivity contribution in [2.75, 3.05) is 11.4 Å². The molecule has 1 fully saturated rings. The second-order valence-corrected chi connectivity index (χ2v) is 5.94. The van der Waals surface area contributed by atoms with Crippen LogP contribution in [0.3, 0.4) is 0 Å². The topological polar surface area (TPSA) is 40.5 Å². The summed E-state index contributed by atoms with van der Waals surface area (Å²) in [6.07, 6.45) is 5.29. The van der Waals surface area contributed by atoms with Crippen molar-refractivity contribution in [3.05, 3.63) is 34.9 Å². The molecular formula is C16H20ClNO2. The van der Waals surface area contributed by atoms with Crippen molar-refractivity contribution in [1.82, 2.24) is 0 Å². The molecule has 0 amide bonds. The van der Waals surface area contributed by atoms with Gasteiger partial charge in [0.1, 0.15) is 0 Å². The number of halogens is 1. The van der Waals surface area contributed by atoms with Gasteiger partial charge in [-0.15, -0.1) is 0 Å². The van der Waals surface area contributed by atoms with Gasteiger partial charge in [-0.25, -0.2) is 4.79 Å². The molecular weight excluding hydrogens is 274 g/mol. The normalized spacial score (nSPS) is 15.0. The first-order valence-corrected chi connectivity index (χ1v) is 7.33. The summed E-state index contributed by atoms with van der Waals surface area (Å²) in [5.41, 5.74) is 1.79. The smallest absolute Gasteiger partial charge is 0.328 e. The van der Waals surface area contributed by atoms with Crippen LogP contribution in [0.4, 0.5) is 5.69 Å². The molecule has 0 spiro atoms. The molecule has 0 bridgehead atoms. The van der Waals surface area contributed by atoms with Crippen molar-refractivity contribution in [3.8, 4) is 0 Å². The van der Waals surface area contributed by atoms with E-state index in [4.69, 9.17) is 16.7 Å². The van der Waals surface area contributed by atoms with Crippen molar-refractivity contribution >= 4 is 29.3 Å². The number of carbonyl (C=O) groups is 1. The van der Waals surface area contributed by atoms with Gasteiger partial charge in [-0.2, -0.15) is 0 Å². The lowest BCUT2D eigenvalue weighted by atomic mass is 10.1. The van der Waals surface area contributed by atoms with Gasteiger partial charge in [-0.3, -0.25) is 0 Å². The van der Waals surface area contributed by atoms with Gasteiger partial charge in [-0.05, 0) is 50.8 Å². The lowest BCUT2D eigenvalue weighted by Crippen LogP contribution is -2.33. The number of hydrogen-bond acceptors (Lipinski definition) is 2. The third-order valence-corrected chi connectivity index (χ3v) is 3.84. The quantitative estimate of drug-likeness (QED) is 0.804. The van der Waals surface area contributed by atoms with Crippen LogP contribution in [0, 0.1) is 5.92 Å². The van der Waals surface area contributed by atoms with E-state index in [1.54, 1.807) is 12.1 Å². The first-order valence-electron chi connectivity index (χ1n) is 6.95. The van der Waals surface area contributed by atoms with Gasteiger partial charge in [0.25, 0.3) is 0 Å². The van der Waals surface area contributed by atoms with Crippen LogP contribution in [0.25, 0.3) is 6.08 Å². The number of aliphatic carboxylic acids is 1. The minimum atomic E-state index is -0.964. The van der Waals surface area contributed by atoms with E-state index in [1.165, 1.54) is 12.8 Å². The maximum Gasteiger partial charge on any atom is 0.328 e. The Morgan fingerprint density at radius 2 is 2.20 bits per heavy atom. The first-order chi connectivity index (χ1) is 9.49. The first kappa shape index (κ1) is 14.9. The van der Waals surface area contributed by atoms with E-state index < -0.39 is 5.97 Å². The molecule has 0 unspecified atom stereocenters. The predicted molar refractivity (Wildman–Crippen MR) is 83.3 cm³/mol. The SMILES string of the molecule is CC(C)N(CC1CC1)c1cccc(Cl)c1C=CC(=O)O. The summed E-state index contributed by atoms with van der Waals surface area (Å²) >= 11 is 6.24. The highest BCUT2D eigenvalue weighted by Gasteiger charge is 2.26. The highest BCUT2D eigenvalue weighted by atomic mass is 35.5. The number of benzene rings is 1. The lowest BCUT2D eigenvalue weighted by Gasteiger charge is -2.31. The summed E-state index contributed by atoms with van der Waals surface area (Å²) < 4.78 is 0. The molecule has 20 heavy (non-hydrogen) atoms. The molecule has 0 heterocycles. The van der Waals surface area contributed by atoms with Crippen molar-refractivity contribution in [2.45, 2.75) is 32.7 Å². The Morgan fingerprint density at radius 1 is 1.50 bits per heavy atom. The van der Waals surface area contributed by atoms with E-state index in [0.717, 1.165) is 29.8 Å². The van der Waals surface area contributed by atoms with Gasteiger partial charge < -0.3 is 10.0 Å². The molecule has 2 rings (SSSR count). The highest BCUT2D eigenvalue weighted by Crippen LogP contribution is 2.35. The Balaban J connectivity index is 2.36. The molecule has 0 aromatic heterocycles. The fourth-order valence-corrected chi connectivity index (χ4v) is 2.49. The summed E-state index contributed by atoms with van der Waals surface area (Å²) in [4.78, 5) is 13.1. The zero-order chi connectivity index (χ0) is 14.7. The second-order valence-electron chi connectivity index (χ2n) is 5.53. The Labute approximate surface area is 124 Å². The maximum absolute atomic E-state index is 10.7. The van der Waals surface area contributed by atoms with Crippen LogP contribution in [0.2, 0.25) is 5.02 Å². The van der Waals surface area contributed by atoms with Crippen LogP contribution >= 0.6 is 11.6 Å². The zero-order valence-corrected chi connectivity index (χ0v) is 12.6. The largest absolute Gasteiger partial charge is 0.478 e. The van der Waals surface area contributed by atoms with Gasteiger partial charge in [0.05, 0.1) is 0 Å². The summed E-state index contributed by atoms with van der Waals surface area (Å²) in [6.45, 7) is 5.30. The number of hydrogen-bond donors (Lipinski definition) is 1. The fourth-order valence-electron chi connectivity index (χ4n) is 2.26. The van der Waals surface area contributed by atoms with E-state index >= 15 is 0 Å². The standard InChI is InChI=1S/C16H20ClNO2/c1-11(2)18(10-12-6-7-12)15-5-3-4-14(17)13(15)8-9-16(19)20/h3-5,8-9,11-12H,6-7,10H2,1-2H3,(H,19,20). The van der Waals surface area contributed by atoms with Gasteiger partial charge in [-0.1, -0.05) is 17.7 Å². The van der Waals surface area contributed by atoms with Gasteiger partial charge in [0.2, 0.25) is 0 Å². The van der Waals surface area contributed by atoms with E-state index in [-0.39, 0.29) is 0 Å². The van der Waals surface area contributed by atoms with Crippen LogP contribution in [0.5, 0.6) is 0 Å². The van der Waals surface area contributed by atoms with Crippen molar-refractivity contribution < 1.29 is 9.90 Å². The molecule has 4 heteroatoms.